The lowest BCUT2D eigenvalue weighted by molar-refractivity contribution is -0.119. The number of allylic oxidation sites excluding steroid dienone is 1. The largest absolute Gasteiger partial charge is 0.508 e. The van der Waals surface area contributed by atoms with Gasteiger partial charge in [-0.05, 0) is 49.8 Å². The first-order valence-corrected chi connectivity index (χ1v) is 10.3. The van der Waals surface area contributed by atoms with Crippen LogP contribution in [0.5, 0.6) is 11.5 Å². The van der Waals surface area contributed by atoms with E-state index in [1.807, 2.05) is 6.07 Å². The molecule has 2 heterocycles. The Labute approximate surface area is 167 Å². The summed E-state index contributed by atoms with van der Waals surface area (Å²) in [7, 11) is 0. The normalized spacial score (nSPS) is 26.2. The van der Waals surface area contributed by atoms with E-state index in [1.54, 1.807) is 0 Å². The zero-order valence-corrected chi connectivity index (χ0v) is 17.6. The van der Waals surface area contributed by atoms with Crippen LogP contribution in [0.2, 0.25) is 0 Å². The maximum atomic E-state index is 12.7. The molecule has 2 atom stereocenters. The lowest BCUT2D eigenvalue weighted by atomic mass is 9.66. The van der Waals surface area contributed by atoms with Gasteiger partial charge in [0.25, 0.3) is 0 Å². The number of nitrogens with one attached hydrogen (secondary N) is 2. The lowest BCUT2D eigenvalue weighted by Gasteiger charge is -2.47. The molecule has 5 heteroatoms. The third kappa shape index (κ3) is 3.30. The summed E-state index contributed by atoms with van der Waals surface area (Å²) in [5, 5.41) is 17.2. The zero-order chi connectivity index (χ0) is 20.3. The number of hydrogen-bond donors (Lipinski definition) is 3. The molecule has 1 aromatic carbocycles. The van der Waals surface area contributed by atoms with Crippen LogP contribution in [0.3, 0.4) is 0 Å². The number of fused-ring (bicyclic) bond motifs is 3. The number of carbonyl (C=O) groups excluding carboxylic acids is 1. The van der Waals surface area contributed by atoms with Crippen molar-refractivity contribution in [3.63, 3.8) is 0 Å². The van der Waals surface area contributed by atoms with Crippen LogP contribution in [-0.2, 0) is 10.2 Å². The molecule has 0 bridgehead atoms. The number of rotatable bonds is 2. The van der Waals surface area contributed by atoms with Crippen LogP contribution in [-0.4, -0.2) is 35.7 Å². The first kappa shape index (κ1) is 19.3. The van der Waals surface area contributed by atoms with Crippen molar-refractivity contribution < 1.29 is 14.6 Å². The molecule has 1 saturated heterocycles. The average Bonchev–Trinajstić information content (AvgIpc) is 2.55. The summed E-state index contributed by atoms with van der Waals surface area (Å²) in [6, 6.07) is 4.17. The van der Waals surface area contributed by atoms with E-state index < -0.39 is 0 Å². The topological polar surface area (TPSA) is 70.6 Å². The van der Waals surface area contributed by atoms with Gasteiger partial charge in [0.05, 0.1) is 6.04 Å². The van der Waals surface area contributed by atoms with Crippen molar-refractivity contribution in [1.29, 1.82) is 0 Å². The van der Waals surface area contributed by atoms with Crippen LogP contribution in [0.4, 0.5) is 0 Å². The number of hydrogen-bond acceptors (Lipinski definition) is 4. The maximum Gasteiger partial charge on any atom is 0.247 e. The molecule has 1 aromatic rings. The van der Waals surface area contributed by atoms with Crippen LogP contribution < -0.4 is 15.4 Å². The van der Waals surface area contributed by atoms with E-state index in [0.717, 1.165) is 42.0 Å². The van der Waals surface area contributed by atoms with Crippen molar-refractivity contribution >= 4 is 5.91 Å². The molecule has 0 radical (unpaired) electrons. The smallest absolute Gasteiger partial charge is 0.247 e. The second-order valence-electron chi connectivity index (χ2n) is 10.1. The summed E-state index contributed by atoms with van der Waals surface area (Å²) < 4.78 is 6.39. The lowest BCUT2D eigenvalue weighted by Crippen LogP contribution is -2.57. The highest BCUT2D eigenvalue weighted by Crippen LogP contribution is 2.54. The van der Waals surface area contributed by atoms with Crippen LogP contribution in [0.1, 0.15) is 64.5 Å². The van der Waals surface area contributed by atoms with Gasteiger partial charge in [-0.1, -0.05) is 26.8 Å². The number of carbonyl (C=O) groups is 1. The van der Waals surface area contributed by atoms with Gasteiger partial charge in [0, 0.05) is 36.1 Å². The summed E-state index contributed by atoms with van der Waals surface area (Å²) in [6.07, 6.45) is 3.49. The van der Waals surface area contributed by atoms with Crippen LogP contribution in [0.15, 0.2) is 23.8 Å². The molecule has 3 aliphatic rings. The minimum absolute atomic E-state index is 0.0293. The first-order chi connectivity index (χ1) is 13.1. The maximum absolute atomic E-state index is 12.7. The fourth-order valence-corrected chi connectivity index (χ4v) is 4.68. The number of benzene rings is 1. The van der Waals surface area contributed by atoms with Crippen molar-refractivity contribution in [2.24, 2.45) is 5.92 Å². The number of ether oxygens (including phenoxy) is 1. The molecule has 0 saturated carbocycles. The van der Waals surface area contributed by atoms with Crippen molar-refractivity contribution in [2.45, 2.75) is 70.4 Å². The van der Waals surface area contributed by atoms with Crippen molar-refractivity contribution in [1.82, 2.24) is 10.6 Å². The number of aromatic hydroxyl groups is 1. The Morgan fingerprint density at radius 2 is 2.00 bits per heavy atom. The Kier molecular flexibility index (Phi) is 4.49. The van der Waals surface area contributed by atoms with E-state index in [9.17, 15) is 9.90 Å². The molecule has 28 heavy (non-hydrogen) atoms. The number of amides is 1. The predicted octanol–water partition coefficient (Wildman–Crippen LogP) is 3.37. The highest BCUT2D eigenvalue weighted by molar-refractivity contribution is 5.94. The van der Waals surface area contributed by atoms with Gasteiger partial charge in [-0.25, -0.2) is 0 Å². The summed E-state index contributed by atoms with van der Waals surface area (Å²) in [4.78, 5) is 12.7. The SMILES string of the molecule is CC(C)(C)c1cc(O)c2c(c1)OC(C)(C)[C@@H]1CC=C(C(=O)NC3CNC3)C[C@@H]21. The van der Waals surface area contributed by atoms with Gasteiger partial charge >= 0.3 is 0 Å². The molecule has 3 N–H and O–H groups in total. The monoisotopic (exact) mass is 384 g/mol. The molecule has 1 amide bonds. The molecule has 1 aliphatic carbocycles. The van der Waals surface area contributed by atoms with E-state index in [2.05, 4.69) is 57.4 Å². The molecule has 0 aromatic heterocycles. The summed E-state index contributed by atoms with van der Waals surface area (Å²) >= 11 is 0. The van der Waals surface area contributed by atoms with E-state index in [4.69, 9.17) is 4.74 Å². The van der Waals surface area contributed by atoms with Gasteiger partial charge < -0.3 is 20.5 Å². The Morgan fingerprint density at radius 1 is 1.29 bits per heavy atom. The van der Waals surface area contributed by atoms with Crippen molar-refractivity contribution in [3.05, 3.63) is 34.9 Å². The minimum atomic E-state index is -0.350. The molecule has 2 aliphatic heterocycles. The molecule has 152 valence electrons. The highest BCUT2D eigenvalue weighted by Gasteiger charge is 2.47. The number of phenolic OH excluding ortho intramolecular Hbond substituents is 1. The Bertz CT molecular complexity index is 831. The molecule has 1 fully saturated rings. The van der Waals surface area contributed by atoms with E-state index in [-0.39, 0.29) is 40.6 Å². The van der Waals surface area contributed by atoms with Crippen LogP contribution in [0, 0.1) is 5.92 Å². The van der Waals surface area contributed by atoms with Gasteiger partial charge in [0.15, 0.2) is 0 Å². The number of phenols is 1. The molecular weight excluding hydrogens is 352 g/mol. The fourth-order valence-electron chi connectivity index (χ4n) is 4.68. The first-order valence-electron chi connectivity index (χ1n) is 10.3. The third-order valence-corrected chi connectivity index (χ3v) is 6.58. The molecule has 4 rings (SSSR count). The van der Waals surface area contributed by atoms with Gasteiger partial charge in [-0.2, -0.15) is 0 Å². The molecule has 0 unspecified atom stereocenters. The Balaban J connectivity index is 1.68. The molecule has 5 nitrogen and oxygen atoms in total. The third-order valence-electron chi connectivity index (χ3n) is 6.58. The Morgan fingerprint density at radius 3 is 2.61 bits per heavy atom. The van der Waals surface area contributed by atoms with Gasteiger partial charge in [0.1, 0.15) is 17.1 Å². The fraction of sp³-hybridized carbons (Fsp3) is 0.609. The molecular formula is C23H32N2O3. The summed E-state index contributed by atoms with van der Waals surface area (Å²) in [5.74, 6) is 1.40. The highest BCUT2D eigenvalue weighted by atomic mass is 16.5. The van der Waals surface area contributed by atoms with E-state index in [0.29, 0.717) is 6.42 Å². The molecule has 0 spiro atoms. The van der Waals surface area contributed by atoms with E-state index >= 15 is 0 Å². The standard InChI is InChI=1S/C23H32N2O3/c1-22(2,3)14-9-18(26)20-16-8-13(21(27)25-15-11-24-12-15)6-7-17(16)23(4,5)28-19(20)10-14/h6,9-10,15-17,24,26H,7-8,11-12H2,1-5H3,(H,25,27)/t16-,17-/m1/s1. The second kappa shape index (κ2) is 6.51. The van der Waals surface area contributed by atoms with Crippen LogP contribution >= 0.6 is 0 Å². The Hall–Kier alpha value is -2.01. The van der Waals surface area contributed by atoms with Gasteiger partial charge in [-0.3, -0.25) is 4.79 Å². The van der Waals surface area contributed by atoms with Crippen LogP contribution in [0.25, 0.3) is 0 Å². The summed E-state index contributed by atoms with van der Waals surface area (Å²) in [6.45, 7) is 12.3. The van der Waals surface area contributed by atoms with E-state index in [1.165, 1.54) is 0 Å². The zero-order valence-electron chi connectivity index (χ0n) is 17.6. The van der Waals surface area contributed by atoms with Crippen molar-refractivity contribution in [2.75, 3.05) is 13.1 Å². The predicted molar refractivity (Wildman–Crippen MR) is 110 cm³/mol. The summed E-state index contributed by atoms with van der Waals surface area (Å²) in [5.41, 5.74) is 2.32. The van der Waals surface area contributed by atoms with Gasteiger partial charge in [0.2, 0.25) is 5.91 Å². The second-order valence-corrected chi connectivity index (χ2v) is 10.1. The minimum Gasteiger partial charge on any atom is -0.508 e. The average molecular weight is 385 g/mol. The quantitative estimate of drug-likeness (QED) is 0.731. The van der Waals surface area contributed by atoms with Gasteiger partial charge in [-0.15, -0.1) is 0 Å². The van der Waals surface area contributed by atoms with Crippen molar-refractivity contribution in [3.8, 4) is 11.5 Å².